The molecule has 6 nitrogen and oxygen atoms in total. The number of nitrogens with one attached hydrogen (secondary N) is 1. The van der Waals surface area contributed by atoms with Gasteiger partial charge in [-0.15, -0.1) is 0 Å². The number of benzene rings is 1. The van der Waals surface area contributed by atoms with Crippen LogP contribution in [-0.4, -0.2) is 53.0 Å². The van der Waals surface area contributed by atoms with Crippen molar-refractivity contribution in [2.24, 2.45) is 5.92 Å². The van der Waals surface area contributed by atoms with Gasteiger partial charge in [0, 0.05) is 25.2 Å². The molecule has 9 heteroatoms. The van der Waals surface area contributed by atoms with E-state index >= 15 is 0 Å². The normalized spacial score (nSPS) is 23.8. The van der Waals surface area contributed by atoms with Gasteiger partial charge in [-0.1, -0.05) is 12.1 Å². The predicted molar refractivity (Wildman–Crippen MR) is 110 cm³/mol. The van der Waals surface area contributed by atoms with Crippen molar-refractivity contribution >= 4 is 11.7 Å². The highest BCUT2D eigenvalue weighted by Gasteiger charge is 2.47. The quantitative estimate of drug-likeness (QED) is 0.788. The molecule has 1 amide bonds. The Labute approximate surface area is 179 Å². The van der Waals surface area contributed by atoms with E-state index in [1.165, 1.54) is 0 Å². The first-order valence-electron chi connectivity index (χ1n) is 10.5. The molecule has 2 aromatic rings. The molecule has 1 aromatic carbocycles. The lowest BCUT2D eigenvalue weighted by Gasteiger charge is -2.41. The molecule has 1 saturated heterocycles. The molecule has 1 fully saturated rings. The summed E-state index contributed by atoms with van der Waals surface area (Å²) in [5.41, 5.74) is 1.41. The van der Waals surface area contributed by atoms with Gasteiger partial charge in [0.25, 0.3) is 0 Å². The largest absolute Gasteiger partial charge is 0.497 e. The van der Waals surface area contributed by atoms with Gasteiger partial charge in [-0.2, -0.15) is 18.3 Å². The molecule has 1 aromatic heterocycles. The van der Waals surface area contributed by atoms with E-state index in [4.69, 9.17) is 4.74 Å². The van der Waals surface area contributed by atoms with Crippen LogP contribution in [0, 0.1) is 12.8 Å². The van der Waals surface area contributed by atoms with Crippen molar-refractivity contribution < 1.29 is 22.7 Å². The summed E-state index contributed by atoms with van der Waals surface area (Å²) in [7, 11) is 1.58. The van der Waals surface area contributed by atoms with Crippen LogP contribution in [0.25, 0.3) is 0 Å². The Balaban J connectivity index is 1.46. The lowest BCUT2D eigenvalue weighted by molar-refractivity contribution is -0.175. The summed E-state index contributed by atoms with van der Waals surface area (Å²) in [6, 6.07) is 7.02. The molecule has 0 saturated carbocycles. The van der Waals surface area contributed by atoms with Gasteiger partial charge in [0.2, 0.25) is 5.91 Å². The molecule has 0 spiro atoms. The first-order chi connectivity index (χ1) is 14.7. The number of hydrogen-bond acceptors (Lipinski definition) is 4. The van der Waals surface area contributed by atoms with Crippen LogP contribution in [0.15, 0.2) is 30.3 Å². The minimum absolute atomic E-state index is 0.0120. The van der Waals surface area contributed by atoms with E-state index in [1.54, 1.807) is 25.0 Å². The molecule has 2 aliphatic heterocycles. The number of rotatable bonds is 4. The zero-order valence-corrected chi connectivity index (χ0v) is 17.7. The highest BCUT2D eigenvalue weighted by molar-refractivity contribution is 5.79. The molecule has 3 atom stereocenters. The minimum Gasteiger partial charge on any atom is -0.497 e. The number of hydrogen-bond donors (Lipinski definition) is 1. The SMILES string of the molecule is COc1cccc(CC(=O)N2CCCC([C@@H]3C[C@H](C(F)(F)F)n4nc(C)cc4N3)C2)c1. The number of amides is 1. The third-order valence-corrected chi connectivity index (χ3v) is 6.21. The number of halogens is 3. The minimum atomic E-state index is -4.37. The van der Waals surface area contributed by atoms with Crippen molar-refractivity contribution in [3.63, 3.8) is 0 Å². The molecular formula is C22H27F3N4O2. The van der Waals surface area contributed by atoms with Gasteiger partial charge < -0.3 is 15.0 Å². The molecule has 1 N–H and O–H groups in total. The predicted octanol–water partition coefficient (Wildman–Crippen LogP) is 3.97. The molecule has 4 rings (SSSR count). The highest BCUT2D eigenvalue weighted by atomic mass is 19.4. The zero-order chi connectivity index (χ0) is 22.2. The van der Waals surface area contributed by atoms with Crippen LogP contribution in [0.4, 0.5) is 19.0 Å². The zero-order valence-electron chi connectivity index (χ0n) is 17.7. The Morgan fingerprint density at radius 3 is 2.87 bits per heavy atom. The number of ether oxygens (including phenoxy) is 1. The molecule has 1 unspecified atom stereocenters. The van der Waals surface area contributed by atoms with Crippen molar-refractivity contribution in [2.45, 2.75) is 50.9 Å². The van der Waals surface area contributed by atoms with Crippen LogP contribution in [0.2, 0.25) is 0 Å². The fourth-order valence-corrected chi connectivity index (χ4v) is 4.67. The number of piperidine rings is 1. The van der Waals surface area contributed by atoms with Gasteiger partial charge in [0.05, 0.1) is 19.2 Å². The summed E-state index contributed by atoms with van der Waals surface area (Å²) in [6.45, 7) is 2.78. The van der Waals surface area contributed by atoms with Crippen LogP contribution in [0.1, 0.15) is 36.6 Å². The van der Waals surface area contributed by atoms with E-state index in [1.807, 2.05) is 24.3 Å². The lowest BCUT2D eigenvalue weighted by atomic mass is 9.85. The molecule has 168 valence electrons. The standard InChI is InChI=1S/C22H27F3N4O2/c1-14-9-20-26-18(12-19(22(23,24)25)29(20)27-14)16-6-4-8-28(13-16)21(30)11-15-5-3-7-17(10-15)31-2/h3,5,7,9-10,16,18-19,26H,4,6,8,11-13H2,1-2H3/t16?,18-,19+/m0/s1. The smallest absolute Gasteiger partial charge is 0.410 e. The van der Waals surface area contributed by atoms with Crippen molar-refractivity contribution in [3.05, 3.63) is 41.6 Å². The van der Waals surface area contributed by atoms with Crippen LogP contribution in [0.5, 0.6) is 5.75 Å². The Morgan fingerprint density at radius 1 is 1.32 bits per heavy atom. The number of fused-ring (bicyclic) bond motifs is 1. The monoisotopic (exact) mass is 436 g/mol. The van der Waals surface area contributed by atoms with Crippen molar-refractivity contribution in [2.75, 3.05) is 25.5 Å². The number of nitrogens with zero attached hydrogens (tertiary/aromatic N) is 3. The molecule has 0 bridgehead atoms. The first-order valence-corrected chi connectivity index (χ1v) is 10.5. The van der Waals surface area contributed by atoms with Crippen molar-refractivity contribution in [1.82, 2.24) is 14.7 Å². The third-order valence-electron chi connectivity index (χ3n) is 6.21. The highest BCUT2D eigenvalue weighted by Crippen LogP contribution is 2.42. The summed E-state index contributed by atoms with van der Waals surface area (Å²) in [5, 5.41) is 7.30. The van der Waals surface area contributed by atoms with E-state index < -0.39 is 12.2 Å². The fraction of sp³-hybridized carbons (Fsp3) is 0.545. The molecule has 0 radical (unpaired) electrons. The second-order valence-electron chi connectivity index (χ2n) is 8.43. The van der Waals surface area contributed by atoms with Gasteiger partial charge in [-0.05, 0) is 49.8 Å². The lowest BCUT2D eigenvalue weighted by Crippen LogP contribution is -2.49. The summed E-state index contributed by atoms with van der Waals surface area (Å²) in [6.07, 6.45) is -2.64. The maximum atomic E-state index is 13.7. The van der Waals surface area contributed by atoms with Crippen molar-refractivity contribution in [3.8, 4) is 5.75 Å². The molecule has 31 heavy (non-hydrogen) atoms. The summed E-state index contributed by atoms with van der Waals surface area (Å²) >= 11 is 0. The summed E-state index contributed by atoms with van der Waals surface area (Å²) in [5.74, 6) is 1.04. The van der Waals surface area contributed by atoms with Gasteiger partial charge >= 0.3 is 6.18 Å². The van der Waals surface area contributed by atoms with Gasteiger partial charge in [-0.25, -0.2) is 4.68 Å². The Bertz CT molecular complexity index is 943. The number of carbonyl (C=O) groups is 1. The van der Waals surface area contributed by atoms with E-state index in [-0.39, 0.29) is 30.7 Å². The summed E-state index contributed by atoms with van der Waals surface area (Å²) in [4.78, 5) is 14.7. The average molecular weight is 436 g/mol. The number of aromatic nitrogens is 2. The number of alkyl halides is 3. The second kappa shape index (κ2) is 8.43. The van der Waals surface area contributed by atoms with E-state index in [2.05, 4.69) is 10.4 Å². The van der Waals surface area contributed by atoms with E-state index in [9.17, 15) is 18.0 Å². The number of anilines is 1. The van der Waals surface area contributed by atoms with Crippen LogP contribution in [-0.2, 0) is 11.2 Å². The first kappa shape index (κ1) is 21.5. The number of carbonyl (C=O) groups excluding carboxylic acids is 1. The Hall–Kier alpha value is -2.71. The maximum absolute atomic E-state index is 13.7. The number of aryl methyl sites for hydroxylation is 1. The summed E-state index contributed by atoms with van der Waals surface area (Å²) < 4.78 is 47.4. The number of methoxy groups -OCH3 is 1. The molecular weight excluding hydrogens is 409 g/mol. The fourth-order valence-electron chi connectivity index (χ4n) is 4.67. The Kier molecular flexibility index (Phi) is 5.85. The van der Waals surface area contributed by atoms with Crippen LogP contribution in [0.3, 0.4) is 0 Å². The molecule has 2 aliphatic rings. The van der Waals surface area contributed by atoms with E-state index in [0.717, 1.165) is 23.1 Å². The maximum Gasteiger partial charge on any atom is 0.410 e. The molecule has 3 heterocycles. The third kappa shape index (κ3) is 4.65. The molecule has 0 aliphatic carbocycles. The number of likely N-dealkylation sites (tertiary alicyclic amines) is 1. The van der Waals surface area contributed by atoms with Crippen molar-refractivity contribution in [1.29, 1.82) is 0 Å². The average Bonchev–Trinajstić information content (AvgIpc) is 3.12. The second-order valence-corrected chi connectivity index (χ2v) is 8.43. The van der Waals surface area contributed by atoms with Gasteiger partial charge in [0.15, 0.2) is 6.04 Å². The van der Waals surface area contributed by atoms with Crippen LogP contribution < -0.4 is 10.1 Å². The topological polar surface area (TPSA) is 59.4 Å². The Morgan fingerprint density at radius 2 is 2.13 bits per heavy atom. The van der Waals surface area contributed by atoms with Crippen LogP contribution >= 0.6 is 0 Å². The van der Waals surface area contributed by atoms with Gasteiger partial charge in [-0.3, -0.25) is 4.79 Å². The van der Waals surface area contributed by atoms with Gasteiger partial charge in [0.1, 0.15) is 11.6 Å². The van der Waals surface area contributed by atoms with E-state index in [0.29, 0.717) is 30.4 Å².